The van der Waals surface area contributed by atoms with Gasteiger partial charge in [-0.1, -0.05) is 22.9 Å². The summed E-state index contributed by atoms with van der Waals surface area (Å²) in [5.41, 5.74) is 0. The highest BCUT2D eigenvalue weighted by Crippen LogP contribution is 2.20. The minimum atomic E-state index is -3.42. The molecule has 108 valence electrons. The highest BCUT2D eigenvalue weighted by Gasteiger charge is 2.33. The molecule has 1 heterocycles. The number of nitrogens with one attached hydrogen (secondary N) is 1. The van der Waals surface area contributed by atoms with E-state index in [1.807, 2.05) is 13.8 Å². The maximum atomic E-state index is 12.1. The van der Waals surface area contributed by atoms with Gasteiger partial charge in [-0.15, -0.1) is 0 Å². The topological polar surface area (TPSA) is 80.3 Å². The first-order valence-corrected chi connectivity index (χ1v) is 10.4. The van der Waals surface area contributed by atoms with E-state index in [0.29, 0.717) is 0 Å². The molecule has 1 aliphatic rings. The lowest BCUT2D eigenvalue weighted by atomic mass is 10.1. The maximum absolute atomic E-state index is 12.1. The number of alkyl halides is 1. The van der Waals surface area contributed by atoms with Crippen molar-refractivity contribution in [3.05, 3.63) is 0 Å². The summed E-state index contributed by atoms with van der Waals surface area (Å²) in [5, 5.41) is 0.140. The monoisotopic (exact) mass is 361 g/mol. The molecule has 1 saturated heterocycles. The van der Waals surface area contributed by atoms with Gasteiger partial charge in [-0.3, -0.25) is 0 Å². The highest BCUT2D eigenvalue weighted by atomic mass is 79.9. The van der Waals surface area contributed by atoms with Crippen molar-refractivity contribution in [2.24, 2.45) is 5.92 Å². The summed E-state index contributed by atoms with van der Waals surface area (Å²) >= 11 is 3.32. The average Bonchev–Trinajstić information content (AvgIpc) is 2.26. The number of halogens is 1. The largest absolute Gasteiger partial charge is 0.229 e. The molecule has 1 rings (SSSR count). The van der Waals surface area contributed by atoms with Crippen LogP contribution in [-0.2, 0) is 19.9 Å². The Labute approximate surface area is 118 Å². The SMILES string of the molecule is CC(CBr)C(C)NS(=O)(=O)C1CCS(=O)(=O)CC1. The number of sulfonamides is 1. The van der Waals surface area contributed by atoms with Crippen LogP contribution >= 0.6 is 15.9 Å². The maximum Gasteiger partial charge on any atom is 0.214 e. The molecule has 0 aliphatic carbocycles. The van der Waals surface area contributed by atoms with Crippen LogP contribution < -0.4 is 4.72 Å². The highest BCUT2D eigenvalue weighted by molar-refractivity contribution is 9.09. The molecule has 0 amide bonds. The van der Waals surface area contributed by atoms with Crippen LogP contribution in [0.5, 0.6) is 0 Å². The van der Waals surface area contributed by atoms with Gasteiger partial charge in [-0.2, -0.15) is 0 Å². The van der Waals surface area contributed by atoms with Crippen LogP contribution in [-0.4, -0.2) is 45.0 Å². The molecule has 2 atom stereocenters. The third kappa shape index (κ3) is 4.47. The summed E-state index contributed by atoms with van der Waals surface area (Å²) in [6, 6.07) is -0.159. The van der Waals surface area contributed by atoms with Crippen molar-refractivity contribution in [1.82, 2.24) is 4.72 Å². The van der Waals surface area contributed by atoms with E-state index in [9.17, 15) is 16.8 Å². The first kappa shape index (κ1) is 16.4. The molecular formula is C10H20BrNO4S2. The second kappa shape index (κ2) is 6.19. The minimum Gasteiger partial charge on any atom is -0.229 e. The molecule has 0 spiro atoms. The van der Waals surface area contributed by atoms with Crippen LogP contribution in [0.15, 0.2) is 0 Å². The summed E-state index contributed by atoms with van der Waals surface area (Å²) in [6.07, 6.45) is 0.403. The molecule has 1 N–H and O–H groups in total. The van der Waals surface area contributed by atoms with Gasteiger partial charge in [-0.05, 0) is 25.7 Å². The molecule has 1 fully saturated rings. The van der Waals surface area contributed by atoms with Crippen LogP contribution in [0.3, 0.4) is 0 Å². The molecule has 8 heteroatoms. The van der Waals surface area contributed by atoms with Gasteiger partial charge in [0.1, 0.15) is 9.84 Å². The lowest BCUT2D eigenvalue weighted by Crippen LogP contribution is -2.45. The van der Waals surface area contributed by atoms with Gasteiger partial charge in [0.05, 0.1) is 16.8 Å². The Morgan fingerprint density at radius 1 is 1.28 bits per heavy atom. The fourth-order valence-electron chi connectivity index (χ4n) is 1.78. The van der Waals surface area contributed by atoms with E-state index in [4.69, 9.17) is 0 Å². The summed E-state index contributed by atoms with van der Waals surface area (Å²) in [7, 11) is -6.45. The second-order valence-electron chi connectivity index (χ2n) is 4.93. The molecule has 18 heavy (non-hydrogen) atoms. The van der Waals surface area contributed by atoms with Crippen molar-refractivity contribution in [3.8, 4) is 0 Å². The van der Waals surface area contributed by atoms with E-state index in [2.05, 4.69) is 20.7 Å². The van der Waals surface area contributed by atoms with Crippen LogP contribution in [0, 0.1) is 5.92 Å². The van der Waals surface area contributed by atoms with Crippen molar-refractivity contribution >= 4 is 35.8 Å². The Morgan fingerprint density at radius 3 is 2.22 bits per heavy atom. The lowest BCUT2D eigenvalue weighted by molar-refractivity contribution is 0.474. The normalized spacial score (nSPS) is 24.6. The molecule has 0 aromatic carbocycles. The van der Waals surface area contributed by atoms with Crippen LogP contribution in [0.1, 0.15) is 26.7 Å². The molecule has 1 aliphatic heterocycles. The van der Waals surface area contributed by atoms with Crippen molar-refractivity contribution in [2.75, 3.05) is 16.8 Å². The van der Waals surface area contributed by atoms with Gasteiger partial charge in [0.2, 0.25) is 10.0 Å². The molecule has 0 aromatic heterocycles. The van der Waals surface area contributed by atoms with Crippen LogP contribution in [0.2, 0.25) is 0 Å². The van der Waals surface area contributed by atoms with E-state index < -0.39 is 25.1 Å². The van der Waals surface area contributed by atoms with Gasteiger partial charge in [0, 0.05) is 11.4 Å². The quantitative estimate of drug-likeness (QED) is 0.737. The molecule has 0 saturated carbocycles. The van der Waals surface area contributed by atoms with Gasteiger partial charge in [0.15, 0.2) is 0 Å². The van der Waals surface area contributed by atoms with E-state index in [0.717, 1.165) is 5.33 Å². The fraction of sp³-hybridized carbons (Fsp3) is 1.00. The Bertz CT molecular complexity index is 460. The molecular weight excluding hydrogens is 342 g/mol. The molecule has 2 unspecified atom stereocenters. The predicted octanol–water partition coefficient (Wildman–Crippen LogP) is 0.902. The standard InChI is InChI=1S/C10H20BrNO4S2/c1-8(7-11)9(2)12-18(15,16)10-3-5-17(13,14)6-4-10/h8-10,12H,3-7H2,1-2H3. The number of rotatable bonds is 5. The van der Waals surface area contributed by atoms with E-state index in [1.165, 1.54) is 0 Å². The number of sulfone groups is 1. The first-order chi connectivity index (χ1) is 8.18. The predicted molar refractivity (Wildman–Crippen MR) is 76.2 cm³/mol. The zero-order valence-corrected chi connectivity index (χ0v) is 13.8. The summed E-state index contributed by atoms with van der Waals surface area (Å²) in [6.45, 7) is 3.77. The van der Waals surface area contributed by atoms with Crippen molar-refractivity contribution in [3.63, 3.8) is 0 Å². The van der Waals surface area contributed by atoms with E-state index >= 15 is 0 Å². The Morgan fingerprint density at radius 2 is 1.78 bits per heavy atom. The zero-order chi connectivity index (χ0) is 14.0. The molecule has 0 radical (unpaired) electrons. The third-order valence-electron chi connectivity index (χ3n) is 3.39. The van der Waals surface area contributed by atoms with Gasteiger partial charge < -0.3 is 0 Å². The summed E-state index contributed by atoms with van der Waals surface area (Å²) in [4.78, 5) is 0. The van der Waals surface area contributed by atoms with Crippen molar-refractivity contribution < 1.29 is 16.8 Å². The minimum absolute atomic E-state index is 0.0268. The number of hydrogen-bond acceptors (Lipinski definition) is 4. The molecule has 5 nitrogen and oxygen atoms in total. The van der Waals surface area contributed by atoms with Crippen LogP contribution in [0.25, 0.3) is 0 Å². The molecule has 0 bridgehead atoms. The van der Waals surface area contributed by atoms with Gasteiger partial charge in [0.25, 0.3) is 0 Å². The summed E-state index contributed by atoms with van der Waals surface area (Å²) < 4.78 is 49.4. The van der Waals surface area contributed by atoms with E-state index in [1.54, 1.807) is 0 Å². The first-order valence-electron chi connectivity index (χ1n) is 5.95. The Balaban J connectivity index is 2.65. The van der Waals surface area contributed by atoms with Crippen molar-refractivity contribution in [1.29, 1.82) is 0 Å². The lowest BCUT2D eigenvalue weighted by Gasteiger charge is -2.26. The average molecular weight is 362 g/mol. The van der Waals surface area contributed by atoms with E-state index in [-0.39, 0.29) is 36.3 Å². The number of hydrogen-bond donors (Lipinski definition) is 1. The Kier molecular flexibility index (Phi) is 5.64. The Hall–Kier alpha value is 0.340. The summed E-state index contributed by atoms with van der Waals surface area (Å²) in [5.74, 6) is 0.133. The zero-order valence-electron chi connectivity index (χ0n) is 10.6. The van der Waals surface area contributed by atoms with Gasteiger partial charge in [-0.25, -0.2) is 21.6 Å². The molecule has 0 aromatic rings. The third-order valence-corrected chi connectivity index (χ3v) is 8.17. The smallest absolute Gasteiger partial charge is 0.214 e. The van der Waals surface area contributed by atoms with Crippen molar-refractivity contribution in [2.45, 2.75) is 38.0 Å². The fourth-order valence-corrected chi connectivity index (χ4v) is 5.93. The second-order valence-corrected chi connectivity index (χ2v) is 9.88. The van der Waals surface area contributed by atoms with Gasteiger partial charge >= 0.3 is 0 Å². The van der Waals surface area contributed by atoms with Crippen LogP contribution in [0.4, 0.5) is 0 Å².